The lowest BCUT2D eigenvalue weighted by atomic mass is 10.3. The van der Waals surface area contributed by atoms with Gasteiger partial charge in [-0.05, 0) is 0 Å². The Balaban J connectivity index is 2.05. The van der Waals surface area contributed by atoms with Crippen LogP contribution in [0.4, 0.5) is 0 Å². The molecule has 1 heterocycles. The number of hydrogen-bond acceptors (Lipinski definition) is 4. The Morgan fingerprint density at radius 3 is 2.71 bits per heavy atom. The summed E-state index contributed by atoms with van der Waals surface area (Å²) in [6.07, 6.45) is 0. The van der Waals surface area contributed by atoms with Crippen molar-refractivity contribution in [2.45, 2.75) is 13.0 Å². The van der Waals surface area contributed by atoms with Crippen molar-refractivity contribution < 1.29 is 9.59 Å². The van der Waals surface area contributed by atoms with Gasteiger partial charge in [0.25, 0.3) is 0 Å². The standard InChI is InChI=1S/C8H15N3O2S/c1-6(12)9-2-3-10-8(13)7-4-14-5-11-7/h7,11H,2-5H2,1H3,(H,9,12)(H,10,13). The zero-order valence-electron chi connectivity index (χ0n) is 8.13. The first kappa shape index (κ1) is 11.3. The Bertz CT molecular complexity index is 217. The van der Waals surface area contributed by atoms with Gasteiger partial charge in [-0.25, -0.2) is 0 Å². The third-order valence-corrected chi connectivity index (χ3v) is 2.77. The van der Waals surface area contributed by atoms with Crippen LogP contribution in [-0.4, -0.2) is 42.6 Å². The van der Waals surface area contributed by atoms with Gasteiger partial charge in [-0.2, -0.15) is 0 Å². The molecule has 0 aromatic rings. The Morgan fingerprint density at radius 2 is 2.14 bits per heavy atom. The molecule has 1 atom stereocenters. The predicted octanol–water partition coefficient (Wildman–Crippen LogP) is -1.10. The number of rotatable bonds is 4. The van der Waals surface area contributed by atoms with Crippen molar-refractivity contribution in [3.8, 4) is 0 Å². The van der Waals surface area contributed by atoms with Crippen molar-refractivity contribution in [1.29, 1.82) is 0 Å². The Labute approximate surface area is 87.4 Å². The predicted molar refractivity (Wildman–Crippen MR) is 55.9 cm³/mol. The van der Waals surface area contributed by atoms with Crippen LogP contribution < -0.4 is 16.0 Å². The fraction of sp³-hybridized carbons (Fsp3) is 0.750. The molecule has 80 valence electrons. The molecule has 5 nitrogen and oxygen atoms in total. The van der Waals surface area contributed by atoms with Gasteiger partial charge < -0.3 is 10.6 Å². The molecule has 0 spiro atoms. The first-order chi connectivity index (χ1) is 6.70. The monoisotopic (exact) mass is 217 g/mol. The topological polar surface area (TPSA) is 70.2 Å². The first-order valence-corrected chi connectivity index (χ1v) is 5.69. The molecule has 1 saturated heterocycles. The summed E-state index contributed by atoms with van der Waals surface area (Å²) < 4.78 is 0. The van der Waals surface area contributed by atoms with E-state index < -0.39 is 0 Å². The third kappa shape index (κ3) is 3.97. The minimum Gasteiger partial charge on any atom is -0.355 e. The van der Waals surface area contributed by atoms with Crippen molar-refractivity contribution in [2.24, 2.45) is 0 Å². The van der Waals surface area contributed by atoms with Crippen LogP contribution in [0.1, 0.15) is 6.92 Å². The van der Waals surface area contributed by atoms with E-state index in [9.17, 15) is 9.59 Å². The van der Waals surface area contributed by atoms with Crippen molar-refractivity contribution in [1.82, 2.24) is 16.0 Å². The molecule has 14 heavy (non-hydrogen) atoms. The lowest BCUT2D eigenvalue weighted by Crippen LogP contribution is -2.44. The lowest BCUT2D eigenvalue weighted by molar-refractivity contribution is -0.123. The minimum absolute atomic E-state index is 0.0142. The highest BCUT2D eigenvalue weighted by Crippen LogP contribution is 2.08. The van der Waals surface area contributed by atoms with Crippen LogP contribution >= 0.6 is 11.8 Å². The van der Waals surface area contributed by atoms with E-state index in [1.807, 2.05) is 0 Å². The van der Waals surface area contributed by atoms with Crippen molar-refractivity contribution in [2.75, 3.05) is 24.7 Å². The quantitative estimate of drug-likeness (QED) is 0.523. The zero-order chi connectivity index (χ0) is 10.4. The maximum absolute atomic E-state index is 11.4. The number of thioether (sulfide) groups is 1. The van der Waals surface area contributed by atoms with Crippen LogP contribution in [0.15, 0.2) is 0 Å². The van der Waals surface area contributed by atoms with E-state index in [-0.39, 0.29) is 17.9 Å². The summed E-state index contributed by atoms with van der Waals surface area (Å²) in [5, 5.41) is 8.43. The molecule has 1 fully saturated rings. The second kappa shape index (κ2) is 5.87. The molecule has 0 radical (unpaired) electrons. The van der Waals surface area contributed by atoms with E-state index >= 15 is 0 Å². The molecular formula is C8H15N3O2S. The molecule has 0 aromatic heterocycles. The zero-order valence-corrected chi connectivity index (χ0v) is 8.95. The largest absolute Gasteiger partial charge is 0.355 e. The summed E-state index contributed by atoms with van der Waals surface area (Å²) in [5.41, 5.74) is 0. The first-order valence-electron chi connectivity index (χ1n) is 4.53. The number of carbonyl (C=O) groups is 2. The fourth-order valence-electron chi connectivity index (χ4n) is 1.11. The molecule has 0 saturated carbocycles. The highest BCUT2D eigenvalue weighted by atomic mass is 32.2. The second-order valence-electron chi connectivity index (χ2n) is 3.05. The van der Waals surface area contributed by atoms with E-state index in [4.69, 9.17) is 0 Å². The van der Waals surface area contributed by atoms with E-state index in [1.54, 1.807) is 11.8 Å². The molecular weight excluding hydrogens is 202 g/mol. The van der Waals surface area contributed by atoms with Crippen LogP contribution in [-0.2, 0) is 9.59 Å². The Kier molecular flexibility index (Phi) is 4.75. The average molecular weight is 217 g/mol. The summed E-state index contributed by atoms with van der Waals surface area (Å²) >= 11 is 1.71. The third-order valence-electron chi connectivity index (χ3n) is 1.83. The number of hydrogen-bond donors (Lipinski definition) is 3. The number of carbonyl (C=O) groups excluding carboxylic acids is 2. The van der Waals surface area contributed by atoms with E-state index in [0.717, 1.165) is 11.6 Å². The SMILES string of the molecule is CC(=O)NCCNC(=O)C1CSCN1. The van der Waals surface area contributed by atoms with Crippen LogP contribution in [0.5, 0.6) is 0 Å². The van der Waals surface area contributed by atoms with Crippen molar-refractivity contribution in [3.63, 3.8) is 0 Å². The van der Waals surface area contributed by atoms with Gasteiger partial charge in [0, 0.05) is 31.6 Å². The Morgan fingerprint density at radius 1 is 1.43 bits per heavy atom. The molecule has 1 rings (SSSR count). The van der Waals surface area contributed by atoms with Crippen LogP contribution in [0.3, 0.4) is 0 Å². The van der Waals surface area contributed by atoms with Gasteiger partial charge in [0.15, 0.2) is 0 Å². The normalized spacial score (nSPS) is 20.5. The maximum Gasteiger partial charge on any atom is 0.238 e. The van der Waals surface area contributed by atoms with E-state index in [0.29, 0.717) is 13.1 Å². The van der Waals surface area contributed by atoms with E-state index in [2.05, 4.69) is 16.0 Å². The van der Waals surface area contributed by atoms with Gasteiger partial charge in [0.05, 0.1) is 6.04 Å². The van der Waals surface area contributed by atoms with Gasteiger partial charge in [-0.1, -0.05) is 0 Å². The smallest absolute Gasteiger partial charge is 0.238 e. The molecule has 1 unspecified atom stereocenters. The van der Waals surface area contributed by atoms with Crippen LogP contribution in [0.25, 0.3) is 0 Å². The van der Waals surface area contributed by atoms with Crippen molar-refractivity contribution in [3.05, 3.63) is 0 Å². The molecule has 0 aromatic carbocycles. The van der Waals surface area contributed by atoms with Crippen LogP contribution in [0, 0.1) is 0 Å². The van der Waals surface area contributed by atoms with Gasteiger partial charge >= 0.3 is 0 Å². The molecule has 1 aliphatic heterocycles. The lowest BCUT2D eigenvalue weighted by Gasteiger charge is -2.10. The highest BCUT2D eigenvalue weighted by Gasteiger charge is 2.21. The summed E-state index contributed by atoms with van der Waals surface area (Å²) in [7, 11) is 0. The summed E-state index contributed by atoms with van der Waals surface area (Å²) in [6, 6.07) is -0.0719. The molecule has 6 heteroatoms. The fourth-order valence-corrected chi connectivity index (χ4v) is 2.05. The number of nitrogens with one attached hydrogen (secondary N) is 3. The second-order valence-corrected chi connectivity index (χ2v) is 4.08. The average Bonchev–Trinajstić information content (AvgIpc) is 2.64. The molecule has 2 amide bonds. The van der Waals surface area contributed by atoms with E-state index in [1.165, 1.54) is 6.92 Å². The Hall–Kier alpha value is -0.750. The van der Waals surface area contributed by atoms with Gasteiger partial charge in [-0.3, -0.25) is 14.9 Å². The van der Waals surface area contributed by atoms with Gasteiger partial charge in [-0.15, -0.1) is 11.8 Å². The van der Waals surface area contributed by atoms with Crippen LogP contribution in [0.2, 0.25) is 0 Å². The molecule has 0 bridgehead atoms. The van der Waals surface area contributed by atoms with Crippen molar-refractivity contribution >= 4 is 23.6 Å². The summed E-state index contributed by atoms with van der Waals surface area (Å²) in [5.74, 6) is 1.60. The van der Waals surface area contributed by atoms with Gasteiger partial charge in [0.1, 0.15) is 0 Å². The molecule has 1 aliphatic rings. The number of amides is 2. The molecule has 3 N–H and O–H groups in total. The summed E-state index contributed by atoms with van der Waals surface area (Å²) in [6.45, 7) is 2.43. The highest BCUT2D eigenvalue weighted by molar-refractivity contribution is 7.99. The molecule has 0 aliphatic carbocycles. The minimum atomic E-state index is -0.0752. The summed E-state index contributed by atoms with van der Waals surface area (Å²) in [4.78, 5) is 21.9. The van der Waals surface area contributed by atoms with Gasteiger partial charge in [0.2, 0.25) is 11.8 Å². The maximum atomic E-state index is 11.4.